The normalized spacial score (nSPS) is 42.0. The van der Waals surface area contributed by atoms with Gasteiger partial charge in [0.15, 0.2) is 0 Å². The molecule has 3 rings (SSSR count). The molecular weight excluding hydrogens is 154 g/mol. The van der Waals surface area contributed by atoms with Gasteiger partial charge in [-0.1, -0.05) is 0 Å². The van der Waals surface area contributed by atoms with Crippen LogP contribution >= 0.6 is 0 Å². The second kappa shape index (κ2) is 3.32. The molecule has 2 saturated heterocycles. The Bertz CT molecular complexity index is 161. The third-order valence-corrected chi connectivity index (χ3v) is 3.30. The summed E-state index contributed by atoms with van der Waals surface area (Å²) in [5.41, 5.74) is 0. The summed E-state index contributed by atoms with van der Waals surface area (Å²) in [6, 6.07) is 0.539. The Morgan fingerprint density at radius 3 is 2.67 bits per heavy atom. The molecule has 3 unspecified atom stereocenters. The molecule has 3 aliphatic rings. The van der Waals surface area contributed by atoms with Crippen LogP contribution in [0.2, 0.25) is 0 Å². The molecule has 0 aromatic heterocycles. The minimum absolute atomic E-state index is 0.0707. The minimum Gasteiger partial charge on any atom is -0.395 e. The lowest BCUT2D eigenvalue weighted by atomic mass is 9.78. The first-order chi connectivity index (χ1) is 5.81. The Morgan fingerprint density at radius 1 is 1.33 bits per heavy atom. The maximum atomic E-state index is 9.60. The second-order valence-electron chi connectivity index (χ2n) is 4.01. The number of rotatable bonds is 2. The number of aliphatic hydroxyl groups excluding tert-OH is 2. The average Bonchev–Trinajstić information content (AvgIpc) is 2.07. The van der Waals surface area contributed by atoms with Gasteiger partial charge in [-0.15, -0.1) is 0 Å². The molecule has 3 fully saturated rings. The summed E-state index contributed by atoms with van der Waals surface area (Å²) in [5, 5.41) is 18.4. The molecule has 1 aliphatic carbocycles. The Hall–Kier alpha value is -0.120. The predicted octanol–water partition coefficient (Wildman–Crippen LogP) is -0.176. The van der Waals surface area contributed by atoms with Crippen molar-refractivity contribution < 1.29 is 10.2 Å². The van der Waals surface area contributed by atoms with Crippen LogP contribution in [0.4, 0.5) is 0 Å². The lowest BCUT2D eigenvalue weighted by molar-refractivity contribution is -0.0533. The van der Waals surface area contributed by atoms with Crippen molar-refractivity contribution in [2.24, 2.45) is 5.92 Å². The minimum atomic E-state index is -0.0707. The van der Waals surface area contributed by atoms with E-state index in [1.165, 1.54) is 12.8 Å². The van der Waals surface area contributed by atoms with E-state index in [-0.39, 0.29) is 12.7 Å². The van der Waals surface area contributed by atoms with Crippen LogP contribution in [0.25, 0.3) is 0 Å². The van der Waals surface area contributed by atoms with Crippen LogP contribution in [0.15, 0.2) is 0 Å². The van der Waals surface area contributed by atoms with E-state index >= 15 is 0 Å². The molecule has 2 bridgehead atoms. The summed E-state index contributed by atoms with van der Waals surface area (Å²) < 4.78 is 0. The quantitative estimate of drug-likeness (QED) is 0.606. The molecule has 3 nitrogen and oxygen atoms in total. The number of nitrogens with zero attached hydrogens (tertiary/aromatic N) is 1. The Balaban J connectivity index is 1.96. The first-order valence-electron chi connectivity index (χ1n) is 4.84. The SMILES string of the molecule is OCCN1CC2CCC1CC2O. The Labute approximate surface area is 73.0 Å². The molecule has 70 valence electrons. The molecule has 3 atom stereocenters. The highest BCUT2D eigenvalue weighted by Gasteiger charge is 2.38. The molecule has 0 aromatic carbocycles. The Morgan fingerprint density at radius 2 is 2.17 bits per heavy atom. The number of aliphatic hydroxyl groups is 2. The summed E-state index contributed by atoms with van der Waals surface area (Å²) in [4.78, 5) is 2.32. The van der Waals surface area contributed by atoms with E-state index in [1.54, 1.807) is 0 Å². The van der Waals surface area contributed by atoms with Crippen LogP contribution in [-0.2, 0) is 0 Å². The zero-order valence-corrected chi connectivity index (χ0v) is 7.32. The molecule has 2 N–H and O–H groups in total. The fourth-order valence-corrected chi connectivity index (χ4v) is 2.59. The van der Waals surface area contributed by atoms with Crippen molar-refractivity contribution >= 4 is 0 Å². The van der Waals surface area contributed by atoms with Gasteiger partial charge in [0.1, 0.15) is 0 Å². The van der Waals surface area contributed by atoms with Crippen molar-refractivity contribution in [3.8, 4) is 0 Å². The first kappa shape index (κ1) is 8.48. The first-order valence-corrected chi connectivity index (χ1v) is 4.84. The number of fused-ring (bicyclic) bond motifs is 3. The third kappa shape index (κ3) is 1.37. The van der Waals surface area contributed by atoms with E-state index < -0.39 is 0 Å². The summed E-state index contributed by atoms with van der Waals surface area (Å²) in [6.45, 7) is 2.03. The van der Waals surface area contributed by atoms with Gasteiger partial charge < -0.3 is 10.2 Å². The van der Waals surface area contributed by atoms with Crippen molar-refractivity contribution in [1.82, 2.24) is 4.90 Å². The van der Waals surface area contributed by atoms with Gasteiger partial charge in [-0.05, 0) is 25.2 Å². The standard InChI is InChI=1S/C9H17NO2/c11-4-3-10-6-7-1-2-8(10)5-9(7)12/h7-9,11-12H,1-6H2. The van der Waals surface area contributed by atoms with Gasteiger partial charge in [-0.3, -0.25) is 4.90 Å². The highest BCUT2D eigenvalue weighted by molar-refractivity contribution is 4.92. The number of hydrogen-bond acceptors (Lipinski definition) is 3. The fraction of sp³-hybridized carbons (Fsp3) is 1.00. The van der Waals surface area contributed by atoms with Crippen molar-refractivity contribution in [3.63, 3.8) is 0 Å². The molecule has 2 heterocycles. The van der Waals surface area contributed by atoms with Gasteiger partial charge in [-0.25, -0.2) is 0 Å². The van der Waals surface area contributed by atoms with Gasteiger partial charge in [-0.2, -0.15) is 0 Å². The van der Waals surface area contributed by atoms with Crippen molar-refractivity contribution in [2.45, 2.75) is 31.4 Å². The summed E-state index contributed by atoms with van der Waals surface area (Å²) >= 11 is 0. The number of hydrogen-bond donors (Lipinski definition) is 2. The number of piperidine rings is 2. The van der Waals surface area contributed by atoms with Gasteiger partial charge in [0, 0.05) is 19.1 Å². The molecule has 12 heavy (non-hydrogen) atoms. The van der Waals surface area contributed by atoms with E-state index in [2.05, 4.69) is 4.90 Å². The third-order valence-electron chi connectivity index (χ3n) is 3.30. The van der Waals surface area contributed by atoms with Crippen LogP contribution in [0.5, 0.6) is 0 Å². The van der Waals surface area contributed by atoms with Crippen LogP contribution in [-0.4, -0.2) is 47.0 Å². The van der Waals surface area contributed by atoms with Gasteiger partial charge >= 0.3 is 0 Å². The van der Waals surface area contributed by atoms with E-state index in [9.17, 15) is 5.11 Å². The zero-order valence-electron chi connectivity index (χ0n) is 7.32. The van der Waals surface area contributed by atoms with Gasteiger partial charge in [0.25, 0.3) is 0 Å². The molecule has 0 radical (unpaired) electrons. The van der Waals surface area contributed by atoms with E-state index in [0.29, 0.717) is 12.0 Å². The summed E-state index contributed by atoms with van der Waals surface area (Å²) in [6.07, 6.45) is 3.24. The smallest absolute Gasteiger partial charge is 0.0595 e. The zero-order chi connectivity index (χ0) is 8.55. The molecule has 3 heteroatoms. The van der Waals surface area contributed by atoms with Crippen LogP contribution < -0.4 is 0 Å². The average molecular weight is 171 g/mol. The molecule has 0 spiro atoms. The second-order valence-corrected chi connectivity index (χ2v) is 4.01. The molecular formula is C9H17NO2. The topological polar surface area (TPSA) is 43.7 Å². The van der Waals surface area contributed by atoms with Crippen molar-refractivity contribution in [2.75, 3.05) is 19.7 Å². The van der Waals surface area contributed by atoms with Gasteiger partial charge in [0.05, 0.1) is 12.7 Å². The highest BCUT2D eigenvalue weighted by atomic mass is 16.3. The Kier molecular flexibility index (Phi) is 2.35. The molecule has 0 aromatic rings. The lowest BCUT2D eigenvalue weighted by Crippen LogP contribution is -2.54. The fourth-order valence-electron chi connectivity index (χ4n) is 2.59. The van der Waals surface area contributed by atoms with Gasteiger partial charge in [0.2, 0.25) is 0 Å². The molecule has 2 aliphatic heterocycles. The maximum Gasteiger partial charge on any atom is 0.0595 e. The monoisotopic (exact) mass is 171 g/mol. The molecule has 0 amide bonds. The predicted molar refractivity (Wildman–Crippen MR) is 45.8 cm³/mol. The van der Waals surface area contributed by atoms with E-state index in [0.717, 1.165) is 19.5 Å². The highest BCUT2D eigenvalue weighted by Crippen LogP contribution is 2.34. The van der Waals surface area contributed by atoms with Crippen LogP contribution in [0, 0.1) is 5.92 Å². The summed E-state index contributed by atoms with van der Waals surface area (Å²) in [5.74, 6) is 0.474. The van der Waals surface area contributed by atoms with E-state index in [4.69, 9.17) is 5.11 Å². The molecule has 1 saturated carbocycles. The largest absolute Gasteiger partial charge is 0.395 e. The summed E-state index contributed by atoms with van der Waals surface area (Å²) in [7, 11) is 0. The van der Waals surface area contributed by atoms with E-state index in [1.807, 2.05) is 0 Å². The maximum absolute atomic E-state index is 9.60. The van der Waals surface area contributed by atoms with Crippen molar-refractivity contribution in [3.05, 3.63) is 0 Å². The lowest BCUT2D eigenvalue weighted by Gasteiger charge is -2.47. The van der Waals surface area contributed by atoms with Crippen LogP contribution in [0.1, 0.15) is 19.3 Å². The van der Waals surface area contributed by atoms with Crippen LogP contribution in [0.3, 0.4) is 0 Å². The van der Waals surface area contributed by atoms with Crippen molar-refractivity contribution in [1.29, 1.82) is 0 Å².